The van der Waals surface area contributed by atoms with Gasteiger partial charge in [0.1, 0.15) is 0 Å². The number of ether oxygens (including phenoxy) is 1. The van der Waals surface area contributed by atoms with Gasteiger partial charge >= 0.3 is 11.8 Å². The number of cyclic esters (lactones) is 1. The van der Waals surface area contributed by atoms with E-state index in [1.54, 1.807) is 0 Å². The Hall–Kier alpha value is -2.18. The summed E-state index contributed by atoms with van der Waals surface area (Å²) in [6.07, 6.45) is 0.0637. The predicted molar refractivity (Wildman–Crippen MR) is 56.4 cm³/mol. The summed E-state index contributed by atoms with van der Waals surface area (Å²) >= 11 is 0. The van der Waals surface area contributed by atoms with E-state index in [2.05, 4.69) is 0 Å². The second kappa shape index (κ2) is 4.36. The third-order valence-corrected chi connectivity index (χ3v) is 2.41. The number of amides is 1. The number of carbonyl (C=O) groups excluding carboxylic acids is 1. The van der Waals surface area contributed by atoms with Crippen LogP contribution in [0, 0.1) is 15.9 Å². The van der Waals surface area contributed by atoms with Crippen LogP contribution in [0.2, 0.25) is 0 Å². The molecule has 0 unspecified atom stereocenters. The highest BCUT2D eigenvalue weighted by molar-refractivity contribution is 5.88. The molecule has 1 heterocycles. The molecule has 1 aliphatic rings. The van der Waals surface area contributed by atoms with Crippen LogP contribution in [-0.2, 0) is 4.74 Å². The van der Waals surface area contributed by atoms with Gasteiger partial charge in [-0.2, -0.15) is 4.39 Å². The van der Waals surface area contributed by atoms with Gasteiger partial charge < -0.3 is 4.74 Å². The van der Waals surface area contributed by atoms with Crippen LogP contribution in [0.4, 0.5) is 20.6 Å². The highest BCUT2D eigenvalue weighted by atomic mass is 19.1. The van der Waals surface area contributed by atoms with Crippen LogP contribution in [0.5, 0.6) is 0 Å². The standard InChI is InChI=1S/C10H9FN2O4/c11-8-3-2-7(6-9(8)13(15)16)12-4-1-5-17-10(12)14/h2-3,6H,1,4-5H2. The van der Waals surface area contributed by atoms with Crippen molar-refractivity contribution in [1.82, 2.24) is 0 Å². The Balaban J connectivity index is 2.35. The van der Waals surface area contributed by atoms with Crippen molar-refractivity contribution in [2.45, 2.75) is 6.42 Å². The summed E-state index contributed by atoms with van der Waals surface area (Å²) in [5, 5.41) is 10.6. The Labute approximate surface area is 95.7 Å². The van der Waals surface area contributed by atoms with Gasteiger partial charge in [0.05, 0.1) is 17.2 Å². The summed E-state index contributed by atoms with van der Waals surface area (Å²) in [6, 6.07) is 3.31. The van der Waals surface area contributed by atoms with Crippen LogP contribution in [-0.4, -0.2) is 24.2 Å². The number of benzene rings is 1. The maximum absolute atomic E-state index is 13.1. The monoisotopic (exact) mass is 240 g/mol. The van der Waals surface area contributed by atoms with Gasteiger partial charge in [-0.15, -0.1) is 0 Å². The van der Waals surface area contributed by atoms with E-state index in [9.17, 15) is 19.3 Å². The number of anilines is 1. The molecule has 0 bridgehead atoms. The molecular formula is C10H9FN2O4. The number of nitrogens with zero attached hydrogens (tertiary/aromatic N) is 2. The first kappa shape index (κ1) is 11.3. The molecule has 0 saturated carbocycles. The number of hydrogen-bond donors (Lipinski definition) is 0. The Morgan fingerprint density at radius 2 is 2.24 bits per heavy atom. The fourth-order valence-corrected chi connectivity index (χ4v) is 1.59. The van der Waals surface area contributed by atoms with E-state index in [1.807, 2.05) is 0 Å². The predicted octanol–water partition coefficient (Wildman–Crippen LogP) is 2.08. The molecule has 1 amide bonds. The molecule has 0 atom stereocenters. The number of halogens is 1. The molecule has 1 fully saturated rings. The molecule has 0 aromatic heterocycles. The number of carbonyl (C=O) groups is 1. The van der Waals surface area contributed by atoms with Crippen molar-refractivity contribution >= 4 is 17.5 Å². The molecule has 1 aromatic carbocycles. The Kier molecular flexibility index (Phi) is 2.90. The van der Waals surface area contributed by atoms with Gasteiger partial charge in [0, 0.05) is 12.6 Å². The van der Waals surface area contributed by atoms with Crippen molar-refractivity contribution < 1.29 is 18.8 Å². The van der Waals surface area contributed by atoms with E-state index in [0.29, 0.717) is 19.6 Å². The van der Waals surface area contributed by atoms with Gasteiger partial charge in [-0.3, -0.25) is 15.0 Å². The highest BCUT2D eigenvalue weighted by Gasteiger charge is 2.24. The van der Waals surface area contributed by atoms with Crippen molar-refractivity contribution in [3.8, 4) is 0 Å². The van der Waals surface area contributed by atoms with Crippen molar-refractivity contribution in [3.05, 3.63) is 34.1 Å². The van der Waals surface area contributed by atoms with E-state index in [-0.39, 0.29) is 5.69 Å². The first-order chi connectivity index (χ1) is 8.09. The molecule has 90 valence electrons. The minimum atomic E-state index is -0.927. The lowest BCUT2D eigenvalue weighted by Gasteiger charge is -2.26. The summed E-state index contributed by atoms with van der Waals surface area (Å²) in [5.41, 5.74) is -0.385. The molecule has 6 nitrogen and oxygen atoms in total. The van der Waals surface area contributed by atoms with Crippen molar-refractivity contribution in [3.63, 3.8) is 0 Å². The van der Waals surface area contributed by atoms with Gasteiger partial charge in [-0.25, -0.2) is 4.79 Å². The summed E-state index contributed by atoms with van der Waals surface area (Å²) in [7, 11) is 0. The summed E-state index contributed by atoms with van der Waals surface area (Å²) in [5.74, 6) is -0.927. The minimum absolute atomic E-state index is 0.266. The fourth-order valence-electron chi connectivity index (χ4n) is 1.59. The molecule has 0 spiro atoms. The van der Waals surface area contributed by atoms with Gasteiger partial charge in [0.25, 0.3) is 0 Å². The molecule has 2 rings (SSSR count). The zero-order chi connectivity index (χ0) is 12.4. The van der Waals surface area contributed by atoms with Crippen LogP contribution >= 0.6 is 0 Å². The third-order valence-electron chi connectivity index (χ3n) is 2.41. The van der Waals surface area contributed by atoms with Crippen molar-refractivity contribution in [2.75, 3.05) is 18.1 Å². The number of rotatable bonds is 2. The fraction of sp³-hybridized carbons (Fsp3) is 0.300. The Morgan fingerprint density at radius 1 is 1.47 bits per heavy atom. The number of nitro groups is 1. The average molecular weight is 240 g/mol. The van der Waals surface area contributed by atoms with E-state index < -0.39 is 22.5 Å². The highest BCUT2D eigenvalue weighted by Crippen LogP contribution is 2.26. The summed E-state index contributed by atoms with van der Waals surface area (Å²) in [4.78, 5) is 22.4. The lowest BCUT2D eigenvalue weighted by Crippen LogP contribution is -2.37. The van der Waals surface area contributed by atoms with E-state index in [1.165, 1.54) is 11.0 Å². The second-order valence-electron chi connectivity index (χ2n) is 3.51. The van der Waals surface area contributed by atoms with Crippen LogP contribution in [0.15, 0.2) is 18.2 Å². The largest absolute Gasteiger partial charge is 0.449 e. The normalized spacial score (nSPS) is 15.6. The first-order valence-corrected chi connectivity index (χ1v) is 4.98. The number of nitro benzene ring substituents is 1. The molecule has 1 aliphatic heterocycles. The van der Waals surface area contributed by atoms with Crippen molar-refractivity contribution in [2.24, 2.45) is 0 Å². The first-order valence-electron chi connectivity index (χ1n) is 4.98. The van der Waals surface area contributed by atoms with Crippen LogP contribution < -0.4 is 4.90 Å². The molecule has 17 heavy (non-hydrogen) atoms. The Bertz CT molecular complexity index is 477. The van der Waals surface area contributed by atoms with Crippen LogP contribution in [0.25, 0.3) is 0 Å². The van der Waals surface area contributed by atoms with Gasteiger partial charge in [-0.05, 0) is 18.6 Å². The van der Waals surface area contributed by atoms with Crippen molar-refractivity contribution in [1.29, 1.82) is 0 Å². The molecule has 1 saturated heterocycles. The van der Waals surface area contributed by atoms with E-state index >= 15 is 0 Å². The topological polar surface area (TPSA) is 72.7 Å². The molecule has 7 heteroatoms. The van der Waals surface area contributed by atoms with Gasteiger partial charge in [0.15, 0.2) is 0 Å². The average Bonchev–Trinajstić information content (AvgIpc) is 2.30. The van der Waals surface area contributed by atoms with Gasteiger partial charge in [-0.1, -0.05) is 0 Å². The third kappa shape index (κ3) is 2.17. The van der Waals surface area contributed by atoms with Gasteiger partial charge in [0.2, 0.25) is 5.82 Å². The molecule has 0 aliphatic carbocycles. The molecule has 0 N–H and O–H groups in total. The quantitative estimate of drug-likeness (QED) is 0.586. The number of hydrogen-bond acceptors (Lipinski definition) is 4. The Morgan fingerprint density at radius 3 is 2.88 bits per heavy atom. The van der Waals surface area contributed by atoms with Crippen LogP contribution in [0.3, 0.4) is 0 Å². The second-order valence-corrected chi connectivity index (χ2v) is 3.51. The molecule has 0 radical (unpaired) electrons. The maximum atomic E-state index is 13.1. The van der Waals surface area contributed by atoms with E-state index in [4.69, 9.17) is 4.74 Å². The van der Waals surface area contributed by atoms with Crippen LogP contribution in [0.1, 0.15) is 6.42 Å². The lowest BCUT2D eigenvalue weighted by atomic mass is 10.2. The maximum Gasteiger partial charge on any atom is 0.414 e. The summed E-state index contributed by atoms with van der Waals surface area (Å²) in [6.45, 7) is 0.736. The summed E-state index contributed by atoms with van der Waals surface area (Å²) < 4.78 is 17.9. The SMILES string of the molecule is O=C1OCCCN1c1ccc(F)c([N+](=O)[O-])c1. The minimum Gasteiger partial charge on any atom is -0.449 e. The zero-order valence-corrected chi connectivity index (χ0v) is 8.76. The smallest absolute Gasteiger partial charge is 0.414 e. The lowest BCUT2D eigenvalue weighted by molar-refractivity contribution is -0.387. The molecular weight excluding hydrogens is 231 g/mol. The van der Waals surface area contributed by atoms with E-state index in [0.717, 1.165) is 12.1 Å². The molecule has 1 aromatic rings. The zero-order valence-electron chi connectivity index (χ0n) is 8.76.